The molecule has 0 saturated carbocycles. The quantitative estimate of drug-likeness (QED) is 0.727. The van der Waals surface area contributed by atoms with E-state index in [1.165, 1.54) is 0 Å². The molecule has 0 unspecified atom stereocenters. The lowest BCUT2D eigenvalue weighted by molar-refractivity contribution is 0.0511. The van der Waals surface area contributed by atoms with Gasteiger partial charge in [-0.15, -0.1) is 0 Å². The Bertz CT molecular complexity index is 674. The second kappa shape index (κ2) is 5.12. The van der Waals surface area contributed by atoms with Crippen molar-refractivity contribution in [1.29, 1.82) is 0 Å². The van der Waals surface area contributed by atoms with E-state index in [0.717, 1.165) is 27.9 Å². The number of nitrogens with zero attached hydrogens (tertiary/aromatic N) is 1. The first-order chi connectivity index (χ1) is 9.38. The molecule has 4 nitrogen and oxygen atoms in total. The van der Waals surface area contributed by atoms with E-state index >= 15 is 0 Å². The molecule has 4 heteroatoms. The molecule has 0 bridgehead atoms. The van der Waals surface area contributed by atoms with Gasteiger partial charge in [0.1, 0.15) is 5.75 Å². The van der Waals surface area contributed by atoms with Gasteiger partial charge >= 0.3 is 0 Å². The van der Waals surface area contributed by atoms with Crippen LogP contribution in [0.25, 0.3) is 22.2 Å². The van der Waals surface area contributed by atoms with E-state index in [1.807, 2.05) is 42.6 Å². The SMILES string of the molecule is COCOc1ccc(-c2c[nH]c3cccnc23)cc1. The Hall–Kier alpha value is -2.33. The normalized spacial score (nSPS) is 10.8. The smallest absolute Gasteiger partial charge is 0.188 e. The van der Waals surface area contributed by atoms with E-state index in [9.17, 15) is 0 Å². The number of aromatic amines is 1. The highest BCUT2D eigenvalue weighted by Crippen LogP contribution is 2.28. The minimum Gasteiger partial charge on any atom is -0.468 e. The number of rotatable bonds is 4. The highest BCUT2D eigenvalue weighted by Gasteiger charge is 2.06. The molecule has 0 aliphatic heterocycles. The highest BCUT2D eigenvalue weighted by atomic mass is 16.7. The third kappa shape index (κ3) is 2.30. The van der Waals surface area contributed by atoms with Crippen LogP contribution in [0.4, 0.5) is 0 Å². The molecule has 0 aliphatic rings. The van der Waals surface area contributed by atoms with E-state index in [-0.39, 0.29) is 6.79 Å². The fourth-order valence-corrected chi connectivity index (χ4v) is 2.03. The van der Waals surface area contributed by atoms with Gasteiger partial charge in [0.25, 0.3) is 0 Å². The van der Waals surface area contributed by atoms with Crippen molar-refractivity contribution in [3.63, 3.8) is 0 Å². The Kier molecular flexibility index (Phi) is 3.16. The van der Waals surface area contributed by atoms with Gasteiger partial charge in [0.2, 0.25) is 0 Å². The van der Waals surface area contributed by atoms with Crippen molar-refractivity contribution in [2.45, 2.75) is 0 Å². The lowest BCUT2D eigenvalue weighted by Crippen LogP contribution is -1.98. The molecule has 1 N–H and O–H groups in total. The molecule has 0 amide bonds. The Morgan fingerprint density at radius 2 is 2.00 bits per heavy atom. The topological polar surface area (TPSA) is 47.1 Å². The molecule has 2 heterocycles. The molecule has 0 spiro atoms. The van der Waals surface area contributed by atoms with Crippen molar-refractivity contribution < 1.29 is 9.47 Å². The highest BCUT2D eigenvalue weighted by molar-refractivity contribution is 5.92. The molecule has 19 heavy (non-hydrogen) atoms. The van der Waals surface area contributed by atoms with Crippen LogP contribution in [0, 0.1) is 0 Å². The number of pyridine rings is 1. The maximum Gasteiger partial charge on any atom is 0.188 e. The van der Waals surface area contributed by atoms with Crippen molar-refractivity contribution >= 4 is 11.0 Å². The lowest BCUT2D eigenvalue weighted by atomic mass is 10.1. The monoisotopic (exact) mass is 254 g/mol. The van der Waals surface area contributed by atoms with Crippen LogP contribution in [0.3, 0.4) is 0 Å². The average molecular weight is 254 g/mol. The van der Waals surface area contributed by atoms with Crippen LogP contribution in [-0.2, 0) is 4.74 Å². The summed E-state index contributed by atoms with van der Waals surface area (Å²) in [4.78, 5) is 7.63. The fourth-order valence-electron chi connectivity index (χ4n) is 2.03. The summed E-state index contributed by atoms with van der Waals surface area (Å²) in [6.45, 7) is 0.258. The second-order valence-electron chi connectivity index (χ2n) is 4.18. The Balaban J connectivity index is 1.93. The molecule has 3 rings (SSSR count). The van der Waals surface area contributed by atoms with E-state index in [2.05, 4.69) is 9.97 Å². The van der Waals surface area contributed by atoms with Crippen molar-refractivity contribution in [2.75, 3.05) is 13.9 Å². The molecule has 2 aromatic heterocycles. The maximum absolute atomic E-state index is 5.37. The van der Waals surface area contributed by atoms with Crippen LogP contribution >= 0.6 is 0 Å². The van der Waals surface area contributed by atoms with Crippen LogP contribution in [-0.4, -0.2) is 23.9 Å². The van der Waals surface area contributed by atoms with Gasteiger partial charge in [0.15, 0.2) is 6.79 Å². The van der Waals surface area contributed by atoms with Crippen LogP contribution < -0.4 is 4.74 Å². The number of methoxy groups -OCH3 is 1. The minimum atomic E-state index is 0.258. The van der Waals surface area contributed by atoms with E-state index < -0.39 is 0 Å². The van der Waals surface area contributed by atoms with Gasteiger partial charge in [0.05, 0.1) is 11.0 Å². The van der Waals surface area contributed by atoms with E-state index in [4.69, 9.17) is 9.47 Å². The zero-order valence-electron chi connectivity index (χ0n) is 10.6. The molecule has 96 valence electrons. The number of H-pyrrole nitrogens is 1. The largest absolute Gasteiger partial charge is 0.468 e. The summed E-state index contributed by atoms with van der Waals surface area (Å²) in [5, 5.41) is 0. The third-order valence-corrected chi connectivity index (χ3v) is 2.94. The molecule has 0 atom stereocenters. The Morgan fingerprint density at radius 1 is 1.16 bits per heavy atom. The van der Waals surface area contributed by atoms with Gasteiger partial charge in [-0.05, 0) is 29.8 Å². The molecular formula is C15H14N2O2. The molecule has 0 saturated heterocycles. The molecule has 0 radical (unpaired) electrons. The molecule has 0 fully saturated rings. The summed E-state index contributed by atoms with van der Waals surface area (Å²) in [6, 6.07) is 11.8. The first-order valence-corrected chi connectivity index (χ1v) is 6.03. The number of aromatic nitrogens is 2. The van der Waals surface area contributed by atoms with Crippen LogP contribution in [0.5, 0.6) is 5.75 Å². The Morgan fingerprint density at radius 3 is 2.79 bits per heavy atom. The van der Waals surface area contributed by atoms with Gasteiger partial charge in [-0.2, -0.15) is 0 Å². The number of ether oxygens (including phenoxy) is 2. The van der Waals surface area contributed by atoms with E-state index in [0.29, 0.717) is 0 Å². The van der Waals surface area contributed by atoms with Crippen molar-refractivity contribution in [3.8, 4) is 16.9 Å². The van der Waals surface area contributed by atoms with E-state index in [1.54, 1.807) is 13.3 Å². The van der Waals surface area contributed by atoms with Gasteiger partial charge < -0.3 is 14.5 Å². The molecule has 1 aromatic carbocycles. The van der Waals surface area contributed by atoms with Gasteiger partial charge in [-0.3, -0.25) is 4.98 Å². The van der Waals surface area contributed by atoms with Gasteiger partial charge in [-0.25, -0.2) is 0 Å². The standard InChI is InChI=1S/C15H14N2O2/c1-18-10-19-12-6-4-11(5-7-12)13-9-17-14-3-2-8-16-15(13)14/h2-9,17H,10H2,1H3. The summed E-state index contributed by atoms with van der Waals surface area (Å²) < 4.78 is 10.2. The number of benzene rings is 1. The number of hydrogen-bond acceptors (Lipinski definition) is 3. The average Bonchev–Trinajstić information content (AvgIpc) is 2.90. The maximum atomic E-state index is 5.37. The molecule has 3 aromatic rings. The first kappa shape index (κ1) is 11.7. The number of fused-ring (bicyclic) bond motifs is 1. The van der Waals surface area contributed by atoms with Crippen LogP contribution in [0.15, 0.2) is 48.8 Å². The van der Waals surface area contributed by atoms with Gasteiger partial charge in [-0.1, -0.05) is 12.1 Å². The zero-order valence-corrected chi connectivity index (χ0v) is 10.6. The summed E-state index contributed by atoms with van der Waals surface area (Å²) in [7, 11) is 1.60. The fraction of sp³-hybridized carbons (Fsp3) is 0.133. The van der Waals surface area contributed by atoms with Gasteiger partial charge in [0, 0.05) is 25.1 Å². The molecule has 0 aliphatic carbocycles. The zero-order chi connectivity index (χ0) is 13.1. The molecular weight excluding hydrogens is 240 g/mol. The summed E-state index contributed by atoms with van der Waals surface area (Å²) >= 11 is 0. The minimum absolute atomic E-state index is 0.258. The summed E-state index contributed by atoms with van der Waals surface area (Å²) in [5.41, 5.74) is 4.22. The lowest BCUT2D eigenvalue weighted by Gasteiger charge is -2.05. The summed E-state index contributed by atoms with van der Waals surface area (Å²) in [6.07, 6.45) is 3.78. The van der Waals surface area contributed by atoms with Crippen molar-refractivity contribution in [3.05, 3.63) is 48.8 Å². The van der Waals surface area contributed by atoms with Crippen LogP contribution in [0.1, 0.15) is 0 Å². The Labute approximate surface area is 111 Å². The number of hydrogen-bond donors (Lipinski definition) is 1. The number of nitrogens with one attached hydrogen (secondary N) is 1. The van der Waals surface area contributed by atoms with Crippen molar-refractivity contribution in [1.82, 2.24) is 9.97 Å². The third-order valence-electron chi connectivity index (χ3n) is 2.94. The summed E-state index contributed by atoms with van der Waals surface area (Å²) in [5.74, 6) is 0.790. The van der Waals surface area contributed by atoms with Crippen molar-refractivity contribution in [2.24, 2.45) is 0 Å². The van der Waals surface area contributed by atoms with Crippen LogP contribution in [0.2, 0.25) is 0 Å². The predicted molar refractivity (Wildman–Crippen MR) is 74.0 cm³/mol. The second-order valence-corrected chi connectivity index (χ2v) is 4.18. The predicted octanol–water partition coefficient (Wildman–Crippen LogP) is 3.21. The first-order valence-electron chi connectivity index (χ1n) is 6.03.